The van der Waals surface area contributed by atoms with Gasteiger partial charge in [0.15, 0.2) is 0 Å². The third-order valence-corrected chi connectivity index (χ3v) is 1.97. The van der Waals surface area contributed by atoms with Crippen molar-refractivity contribution in [2.75, 3.05) is 33.5 Å². The molecule has 0 aromatic rings. The quantitative estimate of drug-likeness (QED) is 0.577. The lowest BCUT2D eigenvalue weighted by atomic mass is 10.3. The number of carbonyl (C=O) groups is 1. The summed E-state index contributed by atoms with van der Waals surface area (Å²) in [5, 5.41) is 0. The molecule has 0 aromatic carbocycles. The predicted octanol–water partition coefficient (Wildman–Crippen LogP) is 0.906. The number of hydrogen-bond acceptors (Lipinski definition) is 3. The van der Waals surface area contributed by atoms with Crippen LogP contribution in [0.5, 0.6) is 0 Å². The fourth-order valence-corrected chi connectivity index (χ4v) is 0.811. The van der Waals surface area contributed by atoms with Crippen LogP contribution < -0.4 is 0 Å². The second kappa shape index (κ2) is 7.76. The molecule has 4 heteroatoms. The van der Waals surface area contributed by atoms with E-state index in [1.165, 1.54) is 0 Å². The number of likely N-dealkylation sites (N-methyl/N-ethyl adjacent to an activating group) is 1. The van der Waals surface area contributed by atoms with Crippen LogP contribution in [0.1, 0.15) is 20.8 Å². The van der Waals surface area contributed by atoms with Gasteiger partial charge in [-0.2, -0.15) is 0 Å². The van der Waals surface area contributed by atoms with E-state index in [1.54, 1.807) is 11.9 Å². The largest absolute Gasteiger partial charge is 0.379 e. The summed E-state index contributed by atoms with van der Waals surface area (Å²) in [5.74, 6) is 0.0106. The molecule has 0 rings (SSSR count). The molecule has 1 amide bonds. The summed E-state index contributed by atoms with van der Waals surface area (Å²) < 4.78 is 10.2. The Labute approximate surface area is 86.2 Å². The van der Waals surface area contributed by atoms with Crippen molar-refractivity contribution in [2.24, 2.45) is 0 Å². The predicted molar refractivity (Wildman–Crippen MR) is 55.2 cm³/mol. The van der Waals surface area contributed by atoms with E-state index >= 15 is 0 Å². The van der Waals surface area contributed by atoms with Gasteiger partial charge in [-0.1, -0.05) is 0 Å². The molecule has 0 saturated heterocycles. The molecule has 0 aliphatic rings. The molecule has 0 unspecified atom stereocenters. The maximum absolute atomic E-state index is 11.4. The normalized spacial score (nSPS) is 10.6. The first kappa shape index (κ1) is 13.4. The number of amides is 1. The molecule has 0 aliphatic heterocycles. The van der Waals surface area contributed by atoms with Gasteiger partial charge in [-0.05, 0) is 20.8 Å². The van der Waals surface area contributed by atoms with Crippen molar-refractivity contribution in [3.8, 4) is 0 Å². The van der Waals surface area contributed by atoms with E-state index in [9.17, 15) is 4.79 Å². The van der Waals surface area contributed by atoms with Crippen molar-refractivity contribution in [1.29, 1.82) is 0 Å². The zero-order chi connectivity index (χ0) is 11.0. The second-order valence-electron chi connectivity index (χ2n) is 3.35. The third-order valence-electron chi connectivity index (χ3n) is 1.97. The summed E-state index contributed by atoms with van der Waals surface area (Å²) in [4.78, 5) is 13.0. The van der Waals surface area contributed by atoms with Crippen LogP contribution in [-0.4, -0.2) is 50.3 Å². The van der Waals surface area contributed by atoms with E-state index < -0.39 is 0 Å². The van der Waals surface area contributed by atoms with Gasteiger partial charge in [-0.15, -0.1) is 0 Å². The van der Waals surface area contributed by atoms with Crippen LogP contribution in [-0.2, 0) is 14.3 Å². The average Bonchev–Trinajstić information content (AvgIpc) is 2.16. The van der Waals surface area contributed by atoms with Crippen molar-refractivity contribution in [3.63, 3.8) is 0 Å². The van der Waals surface area contributed by atoms with Crippen LogP contribution in [0.3, 0.4) is 0 Å². The molecular weight excluding hydrogens is 182 g/mol. The lowest BCUT2D eigenvalue weighted by Gasteiger charge is -2.21. The van der Waals surface area contributed by atoms with Gasteiger partial charge in [0.2, 0.25) is 5.91 Å². The maximum Gasteiger partial charge on any atom is 0.248 e. The van der Waals surface area contributed by atoms with Crippen LogP contribution in [0.15, 0.2) is 0 Å². The Bertz CT molecular complexity index is 159. The third kappa shape index (κ3) is 5.94. The summed E-state index contributed by atoms with van der Waals surface area (Å²) >= 11 is 0. The number of nitrogens with zero attached hydrogens (tertiary/aromatic N) is 1. The molecule has 0 aromatic heterocycles. The number of ether oxygens (including phenoxy) is 2. The molecule has 0 bridgehead atoms. The Morgan fingerprint density at radius 2 is 1.86 bits per heavy atom. The number of hydrogen-bond donors (Lipinski definition) is 0. The Morgan fingerprint density at radius 3 is 2.36 bits per heavy atom. The van der Waals surface area contributed by atoms with E-state index in [2.05, 4.69) is 0 Å². The molecule has 84 valence electrons. The van der Waals surface area contributed by atoms with Crippen molar-refractivity contribution in [2.45, 2.75) is 26.8 Å². The monoisotopic (exact) mass is 203 g/mol. The van der Waals surface area contributed by atoms with Crippen LogP contribution in [0.4, 0.5) is 0 Å². The van der Waals surface area contributed by atoms with Gasteiger partial charge >= 0.3 is 0 Å². The fourth-order valence-electron chi connectivity index (χ4n) is 0.811. The van der Waals surface area contributed by atoms with Crippen molar-refractivity contribution < 1.29 is 14.3 Å². The zero-order valence-corrected chi connectivity index (χ0v) is 9.58. The topological polar surface area (TPSA) is 38.8 Å². The van der Waals surface area contributed by atoms with Gasteiger partial charge < -0.3 is 14.4 Å². The van der Waals surface area contributed by atoms with E-state index in [1.807, 2.05) is 20.8 Å². The maximum atomic E-state index is 11.4. The Morgan fingerprint density at radius 1 is 1.29 bits per heavy atom. The van der Waals surface area contributed by atoms with Crippen LogP contribution in [0, 0.1) is 0 Å². The Balaban J connectivity index is 3.44. The molecular formula is C10H21NO3. The van der Waals surface area contributed by atoms with Gasteiger partial charge in [-0.3, -0.25) is 4.79 Å². The highest BCUT2D eigenvalue weighted by Gasteiger charge is 2.10. The zero-order valence-electron chi connectivity index (χ0n) is 9.58. The highest BCUT2D eigenvalue weighted by atomic mass is 16.5. The second-order valence-corrected chi connectivity index (χ2v) is 3.35. The number of carbonyl (C=O) groups excluding carboxylic acids is 1. The molecule has 0 fully saturated rings. The van der Waals surface area contributed by atoms with Crippen molar-refractivity contribution in [3.05, 3.63) is 0 Å². The van der Waals surface area contributed by atoms with Gasteiger partial charge in [0, 0.05) is 19.7 Å². The standard InChI is InChI=1S/C10H21NO3/c1-5-13-6-7-14-8-10(12)11(4)9(2)3/h9H,5-8H2,1-4H3. The first-order valence-electron chi connectivity index (χ1n) is 5.00. The smallest absolute Gasteiger partial charge is 0.248 e. The van der Waals surface area contributed by atoms with Gasteiger partial charge in [0.25, 0.3) is 0 Å². The van der Waals surface area contributed by atoms with Crippen LogP contribution >= 0.6 is 0 Å². The minimum Gasteiger partial charge on any atom is -0.379 e. The summed E-state index contributed by atoms with van der Waals surface area (Å²) in [6.45, 7) is 7.72. The Hall–Kier alpha value is -0.610. The summed E-state index contributed by atoms with van der Waals surface area (Å²) in [5.41, 5.74) is 0. The lowest BCUT2D eigenvalue weighted by Crippen LogP contribution is -2.35. The summed E-state index contributed by atoms with van der Waals surface area (Å²) in [6, 6.07) is 0.220. The van der Waals surface area contributed by atoms with E-state index in [0.717, 1.165) is 0 Å². The highest BCUT2D eigenvalue weighted by molar-refractivity contribution is 5.77. The minimum atomic E-state index is 0.0106. The first-order valence-corrected chi connectivity index (χ1v) is 5.00. The van der Waals surface area contributed by atoms with Gasteiger partial charge in [0.05, 0.1) is 13.2 Å². The molecule has 0 heterocycles. The molecule has 0 saturated carbocycles. The summed E-state index contributed by atoms with van der Waals surface area (Å²) in [6.07, 6.45) is 0. The van der Waals surface area contributed by atoms with Gasteiger partial charge in [-0.25, -0.2) is 0 Å². The number of rotatable bonds is 7. The highest BCUT2D eigenvalue weighted by Crippen LogP contribution is 1.94. The minimum absolute atomic E-state index is 0.0106. The van der Waals surface area contributed by atoms with Crippen LogP contribution in [0.2, 0.25) is 0 Å². The van der Waals surface area contributed by atoms with Crippen LogP contribution in [0.25, 0.3) is 0 Å². The molecule has 0 N–H and O–H groups in total. The van der Waals surface area contributed by atoms with Crippen molar-refractivity contribution in [1.82, 2.24) is 4.90 Å². The molecule has 0 aliphatic carbocycles. The molecule has 4 nitrogen and oxygen atoms in total. The van der Waals surface area contributed by atoms with E-state index in [-0.39, 0.29) is 18.6 Å². The van der Waals surface area contributed by atoms with E-state index in [0.29, 0.717) is 19.8 Å². The first-order chi connectivity index (χ1) is 6.59. The fraction of sp³-hybridized carbons (Fsp3) is 0.900. The van der Waals surface area contributed by atoms with E-state index in [4.69, 9.17) is 9.47 Å². The average molecular weight is 203 g/mol. The Kier molecular flexibility index (Phi) is 7.42. The van der Waals surface area contributed by atoms with Gasteiger partial charge in [0.1, 0.15) is 6.61 Å². The lowest BCUT2D eigenvalue weighted by molar-refractivity contribution is -0.136. The summed E-state index contributed by atoms with van der Waals surface area (Å²) in [7, 11) is 1.78. The molecule has 14 heavy (non-hydrogen) atoms. The van der Waals surface area contributed by atoms with Crippen molar-refractivity contribution >= 4 is 5.91 Å². The molecule has 0 atom stereocenters. The molecule has 0 spiro atoms. The SMILES string of the molecule is CCOCCOCC(=O)N(C)C(C)C. The molecule has 0 radical (unpaired) electrons.